The number of hydrogen-bond donors (Lipinski definition) is 0. The van der Waals surface area contributed by atoms with Gasteiger partial charge in [0.1, 0.15) is 11.9 Å². The van der Waals surface area contributed by atoms with E-state index in [9.17, 15) is 4.79 Å². The fourth-order valence-corrected chi connectivity index (χ4v) is 4.05. The van der Waals surface area contributed by atoms with Gasteiger partial charge in [-0.1, -0.05) is 6.42 Å². The van der Waals surface area contributed by atoms with Crippen LogP contribution in [0.2, 0.25) is 0 Å². The summed E-state index contributed by atoms with van der Waals surface area (Å²) in [7, 11) is 0. The molecule has 3 fully saturated rings. The minimum Gasteiger partial charge on any atom is -0.489 e. The molecule has 1 amide bonds. The summed E-state index contributed by atoms with van der Waals surface area (Å²) in [5.74, 6) is 1.42. The number of rotatable bonds is 4. The molecule has 1 aliphatic carbocycles. The highest BCUT2D eigenvalue weighted by Crippen LogP contribution is 2.38. The second kappa shape index (κ2) is 6.38. The molecule has 4 rings (SSSR count). The van der Waals surface area contributed by atoms with E-state index in [4.69, 9.17) is 9.47 Å². The van der Waals surface area contributed by atoms with Crippen LogP contribution in [0.15, 0.2) is 24.5 Å². The number of fused-ring (bicyclic) bond motifs is 2. The zero-order valence-corrected chi connectivity index (χ0v) is 13.4. The first kappa shape index (κ1) is 14.8. The highest BCUT2D eigenvalue weighted by atomic mass is 16.6. The largest absolute Gasteiger partial charge is 0.489 e. The highest BCUT2D eigenvalue weighted by molar-refractivity contribution is 5.69. The lowest BCUT2D eigenvalue weighted by Crippen LogP contribution is -2.49. The number of nitrogens with zero attached hydrogens (tertiary/aromatic N) is 2. The molecule has 2 aliphatic heterocycles. The number of hydrogen-bond acceptors (Lipinski definition) is 4. The summed E-state index contributed by atoms with van der Waals surface area (Å²) in [4.78, 5) is 18.5. The third-order valence-corrected chi connectivity index (χ3v) is 5.51. The van der Waals surface area contributed by atoms with Gasteiger partial charge < -0.3 is 14.4 Å². The molecule has 3 aliphatic rings. The fraction of sp³-hybridized carbons (Fsp3) is 0.667. The van der Waals surface area contributed by atoms with Crippen molar-refractivity contribution in [2.45, 2.75) is 63.1 Å². The van der Waals surface area contributed by atoms with Crippen molar-refractivity contribution >= 4 is 6.09 Å². The van der Waals surface area contributed by atoms with Crippen molar-refractivity contribution in [3.8, 4) is 5.75 Å². The Morgan fingerprint density at radius 3 is 2.61 bits per heavy atom. The Labute approximate surface area is 137 Å². The van der Waals surface area contributed by atoms with Crippen molar-refractivity contribution in [2.75, 3.05) is 6.61 Å². The highest BCUT2D eigenvalue weighted by Gasteiger charge is 2.45. The van der Waals surface area contributed by atoms with E-state index in [1.807, 2.05) is 17.0 Å². The van der Waals surface area contributed by atoms with Crippen LogP contribution >= 0.6 is 0 Å². The molecule has 2 atom stereocenters. The number of carbonyl (C=O) groups excluding carboxylic acids is 1. The molecule has 5 heteroatoms. The lowest BCUT2D eigenvalue weighted by Gasteiger charge is -2.38. The van der Waals surface area contributed by atoms with Crippen LogP contribution in [0.25, 0.3) is 0 Å². The van der Waals surface area contributed by atoms with E-state index in [1.165, 1.54) is 19.3 Å². The molecule has 1 saturated carbocycles. The Hall–Kier alpha value is -1.78. The molecule has 1 aromatic rings. The van der Waals surface area contributed by atoms with Crippen LogP contribution in [0.1, 0.15) is 44.9 Å². The predicted octanol–water partition coefficient (Wildman–Crippen LogP) is 3.39. The molecule has 2 saturated heterocycles. The molecular weight excluding hydrogens is 292 g/mol. The standard InChI is InChI=1S/C18H24N2O3/c21-18(22-12-13-3-1-4-13)20-14-6-7-15(20)10-17(9-14)23-16-5-2-8-19-11-16/h2,5,8,11,13-15,17H,1,3-4,6-7,9-10,12H2. The van der Waals surface area contributed by atoms with Crippen LogP contribution in [-0.4, -0.2) is 40.8 Å². The van der Waals surface area contributed by atoms with Crippen molar-refractivity contribution in [3.05, 3.63) is 24.5 Å². The number of carbonyl (C=O) groups is 1. The molecule has 2 unspecified atom stereocenters. The average molecular weight is 316 g/mol. The average Bonchev–Trinajstić information content (AvgIpc) is 2.78. The summed E-state index contributed by atoms with van der Waals surface area (Å²) >= 11 is 0. The Bertz CT molecular complexity index is 532. The first-order valence-corrected chi connectivity index (χ1v) is 8.81. The van der Waals surface area contributed by atoms with E-state index in [0.717, 1.165) is 31.4 Å². The van der Waals surface area contributed by atoms with Gasteiger partial charge in [0.15, 0.2) is 0 Å². The van der Waals surface area contributed by atoms with Crippen LogP contribution < -0.4 is 4.74 Å². The minimum absolute atomic E-state index is 0.107. The van der Waals surface area contributed by atoms with Gasteiger partial charge in [0.2, 0.25) is 0 Å². The Kier molecular flexibility index (Phi) is 4.10. The van der Waals surface area contributed by atoms with Gasteiger partial charge in [-0.15, -0.1) is 0 Å². The van der Waals surface area contributed by atoms with Gasteiger partial charge in [0.25, 0.3) is 0 Å². The van der Waals surface area contributed by atoms with E-state index >= 15 is 0 Å². The van der Waals surface area contributed by atoms with Gasteiger partial charge in [-0.2, -0.15) is 0 Å². The molecule has 0 N–H and O–H groups in total. The molecule has 3 heterocycles. The third-order valence-electron chi connectivity index (χ3n) is 5.51. The second-order valence-corrected chi connectivity index (χ2v) is 7.07. The molecule has 23 heavy (non-hydrogen) atoms. The number of ether oxygens (including phenoxy) is 2. The Morgan fingerprint density at radius 1 is 1.22 bits per heavy atom. The molecule has 0 radical (unpaired) electrons. The smallest absolute Gasteiger partial charge is 0.410 e. The van der Waals surface area contributed by atoms with E-state index in [0.29, 0.717) is 12.5 Å². The van der Waals surface area contributed by atoms with Crippen molar-refractivity contribution in [1.29, 1.82) is 0 Å². The summed E-state index contributed by atoms with van der Waals surface area (Å²) in [6, 6.07) is 4.36. The summed E-state index contributed by atoms with van der Waals surface area (Å²) < 4.78 is 11.6. The molecule has 1 aromatic heterocycles. The van der Waals surface area contributed by atoms with Crippen LogP contribution in [0, 0.1) is 5.92 Å². The fourth-order valence-electron chi connectivity index (χ4n) is 4.05. The number of pyridine rings is 1. The minimum atomic E-state index is -0.107. The third kappa shape index (κ3) is 3.14. The van der Waals surface area contributed by atoms with E-state index in [-0.39, 0.29) is 24.3 Å². The van der Waals surface area contributed by atoms with Gasteiger partial charge in [-0.3, -0.25) is 4.98 Å². The predicted molar refractivity (Wildman–Crippen MR) is 85.2 cm³/mol. The quantitative estimate of drug-likeness (QED) is 0.854. The van der Waals surface area contributed by atoms with Crippen LogP contribution in [0.5, 0.6) is 5.75 Å². The Balaban J connectivity index is 1.33. The summed E-state index contributed by atoms with van der Waals surface area (Å²) in [6.07, 6.45) is 11.2. The van der Waals surface area contributed by atoms with Gasteiger partial charge in [0, 0.05) is 31.1 Å². The maximum Gasteiger partial charge on any atom is 0.410 e. The molecule has 124 valence electrons. The van der Waals surface area contributed by atoms with E-state index in [1.54, 1.807) is 12.4 Å². The normalized spacial score (nSPS) is 29.9. The number of amides is 1. The maximum absolute atomic E-state index is 12.4. The zero-order valence-electron chi connectivity index (χ0n) is 13.4. The van der Waals surface area contributed by atoms with Crippen LogP contribution in [-0.2, 0) is 4.74 Å². The Morgan fingerprint density at radius 2 is 2.00 bits per heavy atom. The van der Waals surface area contributed by atoms with Crippen molar-refractivity contribution in [2.24, 2.45) is 5.92 Å². The van der Waals surface area contributed by atoms with E-state index < -0.39 is 0 Å². The SMILES string of the molecule is O=C(OCC1CCC1)N1C2CCC1CC(Oc1cccnc1)C2. The van der Waals surface area contributed by atoms with Gasteiger partial charge in [0.05, 0.1) is 12.8 Å². The van der Waals surface area contributed by atoms with Crippen molar-refractivity contribution < 1.29 is 14.3 Å². The molecule has 0 spiro atoms. The van der Waals surface area contributed by atoms with Crippen molar-refractivity contribution in [1.82, 2.24) is 9.88 Å². The van der Waals surface area contributed by atoms with Gasteiger partial charge in [-0.05, 0) is 43.7 Å². The number of aromatic nitrogens is 1. The lowest BCUT2D eigenvalue weighted by molar-refractivity contribution is 0.0220. The zero-order chi connectivity index (χ0) is 15.6. The molecule has 0 aromatic carbocycles. The van der Waals surface area contributed by atoms with Crippen LogP contribution in [0.3, 0.4) is 0 Å². The van der Waals surface area contributed by atoms with E-state index in [2.05, 4.69) is 4.98 Å². The lowest BCUT2D eigenvalue weighted by atomic mass is 9.86. The monoisotopic (exact) mass is 316 g/mol. The second-order valence-electron chi connectivity index (χ2n) is 7.07. The van der Waals surface area contributed by atoms with Crippen molar-refractivity contribution in [3.63, 3.8) is 0 Å². The maximum atomic E-state index is 12.4. The topological polar surface area (TPSA) is 51.7 Å². The molecular formula is C18H24N2O3. The molecule has 2 bridgehead atoms. The first-order chi connectivity index (χ1) is 11.3. The number of piperidine rings is 1. The molecule has 5 nitrogen and oxygen atoms in total. The summed E-state index contributed by atoms with van der Waals surface area (Å²) in [5, 5.41) is 0. The summed E-state index contributed by atoms with van der Waals surface area (Å²) in [6.45, 7) is 0.602. The summed E-state index contributed by atoms with van der Waals surface area (Å²) in [5.41, 5.74) is 0. The first-order valence-electron chi connectivity index (χ1n) is 8.81. The van der Waals surface area contributed by atoms with Gasteiger partial charge >= 0.3 is 6.09 Å². The van der Waals surface area contributed by atoms with Gasteiger partial charge in [-0.25, -0.2) is 4.79 Å². The van der Waals surface area contributed by atoms with Crippen LogP contribution in [0.4, 0.5) is 4.79 Å².